The fraction of sp³-hybridized carbons (Fsp3) is 0.353. The number of thiophene rings is 1. The summed E-state index contributed by atoms with van der Waals surface area (Å²) in [5.41, 5.74) is 0. The molecular formula is C17H18N2O4S. The van der Waals surface area contributed by atoms with Crippen LogP contribution in [0, 0.1) is 0 Å². The minimum absolute atomic E-state index is 0.121. The van der Waals surface area contributed by atoms with Crippen molar-refractivity contribution in [1.29, 1.82) is 0 Å². The topological polar surface area (TPSA) is 75.7 Å². The number of likely N-dealkylation sites (tertiary alicyclic amines) is 1. The molecule has 3 rings (SSSR count). The lowest BCUT2D eigenvalue weighted by atomic mass is 10.2. The lowest BCUT2D eigenvalue weighted by Crippen LogP contribution is -2.33. The first-order valence-corrected chi connectivity index (χ1v) is 8.64. The number of imide groups is 1. The molecule has 1 N–H and O–H groups in total. The highest BCUT2D eigenvalue weighted by atomic mass is 32.1. The molecule has 2 heterocycles. The van der Waals surface area contributed by atoms with E-state index in [0.717, 1.165) is 10.1 Å². The van der Waals surface area contributed by atoms with Gasteiger partial charge < -0.3 is 10.1 Å². The zero-order chi connectivity index (χ0) is 16.9. The predicted octanol–water partition coefficient (Wildman–Crippen LogP) is 1.80. The fourth-order valence-electron chi connectivity index (χ4n) is 2.55. The first-order chi connectivity index (χ1) is 11.6. The number of nitrogens with zero attached hydrogens (tertiary/aromatic N) is 1. The van der Waals surface area contributed by atoms with Gasteiger partial charge in [-0.2, -0.15) is 0 Å². The Balaban J connectivity index is 1.36. The van der Waals surface area contributed by atoms with Crippen molar-refractivity contribution >= 4 is 39.1 Å². The first kappa shape index (κ1) is 16.6. The van der Waals surface area contributed by atoms with Crippen LogP contribution in [0.15, 0.2) is 30.3 Å². The summed E-state index contributed by atoms with van der Waals surface area (Å²) < 4.78 is 6.46. The molecule has 0 unspecified atom stereocenters. The van der Waals surface area contributed by atoms with Gasteiger partial charge in [0.15, 0.2) is 0 Å². The average molecular weight is 346 g/mol. The van der Waals surface area contributed by atoms with Gasteiger partial charge in [-0.15, -0.1) is 11.3 Å². The van der Waals surface area contributed by atoms with E-state index in [0.29, 0.717) is 30.9 Å². The van der Waals surface area contributed by atoms with Gasteiger partial charge in [-0.25, -0.2) is 0 Å². The third-order valence-electron chi connectivity index (χ3n) is 3.80. The number of fused-ring (bicyclic) bond motifs is 1. The standard InChI is InChI=1S/C17H18N2O4S/c20-15-5-6-16(21)19(15)8-10-23-9-7-18-17(22)14-11-12-3-1-2-4-13(12)24-14/h1-4,11H,5-10H2,(H,18,22). The monoisotopic (exact) mass is 346 g/mol. The van der Waals surface area contributed by atoms with Crippen LogP contribution in [-0.4, -0.2) is 48.9 Å². The van der Waals surface area contributed by atoms with Crippen LogP contribution in [0.5, 0.6) is 0 Å². The molecule has 0 atom stereocenters. The Morgan fingerprint density at radius 1 is 1.17 bits per heavy atom. The van der Waals surface area contributed by atoms with Crippen LogP contribution < -0.4 is 5.32 Å². The van der Waals surface area contributed by atoms with Gasteiger partial charge in [0.05, 0.1) is 24.6 Å². The minimum Gasteiger partial charge on any atom is -0.378 e. The molecule has 2 aromatic rings. The lowest BCUT2D eigenvalue weighted by Gasteiger charge is -2.13. The normalized spacial score (nSPS) is 14.6. The van der Waals surface area contributed by atoms with Crippen molar-refractivity contribution in [2.24, 2.45) is 0 Å². The maximum atomic E-state index is 12.1. The maximum absolute atomic E-state index is 12.1. The molecule has 0 radical (unpaired) electrons. The zero-order valence-corrected chi connectivity index (χ0v) is 13.9. The van der Waals surface area contributed by atoms with Crippen molar-refractivity contribution in [3.63, 3.8) is 0 Å². The van der Waals surface area contributed by atoms with Crippen LogP contribution in [-0.2, 0) is 14.3 Å². The Morgan fingerprint density at radius 2 is 1.92 bits per heavy atom. The van der Waals surface area contributed by atoms with Gasteiger partial charge in [-0.05, 0) is 17.5 Å². The van der Waals surface area contributed by atoms with Crippen molar-refractivity contribution in [2.45, 2.75) is 12.8 Å². The minimum atomic E-state index is -0.137. The predicted molar refractivity (Wildman–Crippen MR) is 90.9 cm³/mol. The number of rotatable bonds is 7. The molecule has 0 aliphatic carbocycles. The van der Waals surface area contributed by atoms with E-state index in [9.17, 15) is 14.4 Å². The Labute approximate surface area is 143 Å². The molecule has 1 aromatic heterocycles. The molecule has 1 fully saturated rings. The van der Waals surface area contributed by atoms with Gasteiger partial charge in [0, 0.05) is 24.1 Å². The van der Waals surface area contributed by atoms with Gasteiger partial charge in [-0.3, -0.25) is 19.3 Å². The highest BCUT2D eigenvalue weighted by molar-refractivity contribution is 7.20. The van der Waals surface area contributed by atoms with Crippen molar-refractivity contribution in [2.75, 3.05) is 26.3 Å². The van der Waals surface area contributed by atoms with Crippen molar-refractivity contribution in [1.82, 2.24) is 10.2 Å². The van der Waals surface area contributed by atoms with Crippen LogP contribution in [0.4, 0.5) is 0 Å². The molecule has 1 aromatic carbocycles. The van der Waals surface area contributed by atoms with E-state index in [1.54, 1.807) is 0 Å². The molecular weight excluding hydrogens is 328 g/mol. The third kappa shape index (κ3) is 3.80. The number of amides is 3. The number of benzene rings is 1. The van der Waals surface area contributed by atoms with Gasteiger partial charge in [0.1, 0.15) is 0 Å². The number of nitrogens with one attached hydrogen (secondary N) is 1. The third-order valence-corrected chi connectivity index (χ3v) is 4.91. The number of hydrogen-bond acceptors (Lipinski definition) is 5. The zero-order valence-electron chi connectivity index (χ0n) is 13.1. The Kier molecular flexibility index (Phi) is 5.22. The quantitative estimate of drug-likeness (QED) is 0.613. The van der Waals surface area contributed by atoms with Crippen LogP contribution in [0.25, 0.3) is 10.1 Å². The second-order valence-electron chi connectivity index (χ2n) is 5.46. The summed E-state index contributed by atoms with van der Waals surface area (Å²) >= 11 is 1.46. The fourth-order valence-corrected chi connectivity index (χ4v) is 3.53. The summed E-state index contributed by atoms with van der Waals surface area (Å²) in [6, 6.07) is 9.74. The summed E-state index contributed by atoms with van der Waals surface area (Å²) in [5, 5.41) is 3.86. The van der Waals surface area contributed by atoms with Crippen molar-refractivity contribution in [3.05, 3.63) is 35.2 Å². The summed E-state index contributed by atoms with van der Waals surface area (Å²) in [4.78, 5) is 36.8. The largest absolute Gasteiger partial charge is 0.378 e. The second-order valence-corrected chi connectivity index (χ2v) is 6.54. The van der Waals surface area contributed by atoms with E-state index < -0.39 is 0 Å². The van der Waals surface area contributed by atoms with Gasteiger partial charge in [0.25, 0.3) is 5.91 Å². The highest BCUT2D eigenvalue weighted by Crippen LogP contribution is 2.24. The van der Waals surface area contributed by atoms with Crippen LogP contribution >= 0.6 is 11.3 Å². The van der Waals surface area contributed by atoms with Crippen LogP contribution in [0.1, 0.15) is 22.5 Å². The molecule has 0 spiro atoms. The number of hydrogen-bond donors (Lipinski definition) is 1. The van der Waals surface area contributed by atoms with Gasteiger partial charge in [0.2, 0.25) is 11.8 Å². The SMILES string of the molecule is O=C(NCCOCCN1C(=O)CCC1=O)c1cc2ccccc2s1. The molecule has 0 bridgehead atoms. The molecule has 3 amide bonds. The van der Waals surface area contributed by atoms with E-state index in [1.807, 2.05) is 30.3 Å². The molecule has 1 saturated heterocycles. The Bertz CT molecular complexity index is 722. The van der Waals surface area contributed by atoms with Crippen molar-refractivity contribution in [3.8, 4) is 0 Å². The van der Waals surface area contributed by atoms with Gasteiger partial charge >= 0.3 is 0 Å². The summed E-state index contributed by atoms with van der Waals surface area (Å²) in [6.07, 6.45) is 0.591. The Hall–Kier alpha value is -2.25. The number of carbonyl (C=O) groups excluding carboxylic acids is 3. The van der Waals surface area contributed by atoms with E-state index in [2.05, 4.69) is 5.32 Å². The average Bonchev–Trinajstić information content (AvgIpc) is 3.15. The summed E-state index contributed by atoms with van der Waals surface area (Å²) in [6.45, 7) is 1.29. The van der Waals surface area contributed by atoms with E-state index in [4.69, 9.17) is 4.74 Å². The van der Waals surface area contributed by atoms with Gasteiger partial charge in [-0.1, -0.05) is 18.2 Å². The van der Waals surface area contributed by atoms with Crippen LogP contribution in [0.3, 0.4) is 0 Å². The lowest BCUT2D eigenvalue weighted by molar-refractivity contribution is -0.139. The molecule has 1 aliphatic heterocycles. The van der Waals surface area contributed by atoms with Crippen molar-refractivity contribution < 1.29 is 19.1 Å². The van der Waals surface area contributed by atoms with E-state index in [1.165, 1.54) is 16.2 Å². The maximum Gasteiger partial charge on any atom is 0.261 e. The number of carbonyl (C=O) groups is 3. The second kappa shape index (κ2) is 7.55. The highest BCUT2D eigenvalue weighted by Gasteiger charge is 2.28. The summed E-state index contributed by atoms with van der Waals surface area (Å²) in [5.74, 6) is -0.395. The molecule has 0 saturated carbocycles. The van der Waals surface area contributed by atoms with E-state index in [-0.39, 0.29) is 30.9 Å². The van der Waals surface area contributed by atoms with E-state index >= 15 is 0 Å². The van der Waals surface area contributed by atoms with Crippen LogP contribution in [0.2, 0.25) is 0 Å². The number of ether oxygens (including phenoxy) is 1. The smallest absolute Gasteiger partial charge is 0.261 e. The molecule has 1 aliphatic rings. The molecule has 126 valence electrons. The first-order valence-electron chi connectivity index (χ1n) is 7.83. The molecule has 7 heteroatoms. The molecule has 6 nitrogen and oxygen atoms in total. The Morgan fingerprint density at radius 3 is 2.67 bits per heavy atom. The summed E-state index contributed by atoms with van der Waals surface area (Å²) in [7, 11) is 0. The molecule has 24 heavy (non-hydrogen) atoms.